The summed E-state index contributed by atoms with van der Waals surface area (Å²) in [6, 6.07) is 24.0. The maximum absolute atomic E-state index is 12.8. The molecule has 4 rings (SSSR count). The Morgan fingerprint density at radius 3 is 2.45 bits per heavy atom. The van der Waals surface area contributed by atoms with E-state index in [-0.39, 0.29) is 11.8 Å². The van der Waals surface area contributed by atoms with Gasteiger partial charge in [0.25, 0.3) is 5.91 Å². The summed E-state index contributed by atoms with van der Waals surface area (Å²) < 4.78 is 1.79. The average molecular weight is 431 g/mol. The predicted molar refractivity (Wildman–Crippen MR) is 123 cm³/mol. The van der Waals surface area contributed by atoms with E-state index in [1.165, 1.54) is 6.92 Å². The monoisotopic (exact) mass is 430 g/mol. The standard InChI is InChI=1S/C24H19ClN4O2/c1-16(30)27-19-10-11-22(21(25)15-19)28-24(31)18-8-5-9-20(14-18)29-23(12-13-26-29)17-6-3-2-4-7-17/h2-15H,1H3,(H,27,30)(H,28,31). The Kier molecular flexibility index (Phi) is 5.82. The molecule has 0 unspecified atom stereocenters. The minimum Gasteiger partial charge on any atom is -0.326 e. The van der Waals surface area contributed by atoms with E-state index in [1.54, 1.807) is 41.2 Å². The van der Waals surface area contributed by atoms with Crippen LogP contribution in [0.25, 0.3) is 16.9 Å². The molecule has 7 heteroatoms. The molecule has 2 N–H and O–H groups in total. The second-order valence-corrected chi connectivity index (χ2v) is 7.28. The van der Waals surface area contributed by atoms with E-state index < -0.39 is 0 Å². The van der Waals surface area contributed by atoms with Gasteiger partial charge in [-0.05, 0) is 42.5 Å². The summed E-state index contributed by atoms with van der Waals surface area (Å²) in [5.41, 5.74) is 4.20. The van der Waals surface area contributed by atoms with E-state index in [4.69, 9.17) is 11.6 Å². The van der Waals surface area contributed by atoms with Crippen molar-refractivity contribution in [2.75, 3.05) is 10.6 Å². The van der Waals surface area contributed by atoms with Gasteiger partial charge >= 0.3 is 0 Å². The Bertz CT molecular complexity index is 1250. The van der Waals surface area contributed by atoms with Crippen LogP contribution in [-0.4, -0.2) is 21.6 Å². The molecule has 154 valence electrons. The third-order valence-corrected chi connectivity index (χ3v) is 4.92. The minimum absolute atomic E-state index is 0.196. The topological polar surface area (TPSA) is 76.0 Å². The molecule has 2 amide bonds. The number of carbonyl (C=O) groups is 2. The molecule has 0 fully saturated rings. The molecule has 0 radical (unpaired) electrons. The van der Waals surface area contributed by atoms with Gasteiger partial charge in [0.05, 0.1) is 28.3 Å². The van der Waals surface area contributed by atoms with Crippen molar-refractivity contribution in [3.8, 4) is 16.9 Å². The van der Waals surface area contributed by atoms with Crippen LogP contribution in [0.4, 0.5) is 11.4 Å². The van der Waals surface area contributed by atoms with Crippen LogP contribution in [0.15, 0.2) is 85.1 Å². The lowest BCUT2D eigenvalue weighted by Crippen LogP contribution is -2.13. The van der Waals surface area contributed by atoms with Crippen molar-refractivity contribution in [1.82, 2.24) is 9.78 Å². The van der Waals surface area contributed by atoms with Gasteiger partial charge < -0.3 is 10.6 Å². The van der Waals surface area contributed by atoms with Crippen LogP contribution >= 0.6 is 11.6 Å². The van der Waals surface area contributed by atoms with Crippen molar-refractivity contribution >= 4 is 34.8 Å². The number of halogens is 1. The first-order valence-corrected chi connectivity index (χ1v) is 9.97. The Labute approximate surface area is 184 Å². The number of hydrogen-bond acceptors (Lipinski definition) is 3. The van der Waals surface area contributed by atoms with Gasteiger partial charge in [0, 0.05) is 23.7 Å². The first kappa shape index (κ1) is 20.4. The van der Waals surface area contributed by atoms with Crippen LogP contribution in [0, 0.1) is 0 Å². The van der Waals surface area contributed by atoms with Crippen molar-refractivity contribution in [3.63, 3.8) is 0 Å². The highest BCUT2D eigenvalue weighted by Crippen LogP contribution is 2.27. The third-order valence-electron chi connectivity index (χ3n) is 4.60. The van der Waals surface area contributed by atoms with Gasteiger partial charge in [-0.15, -0.1) is 0 Å². The Hall–Kier alpha value is -3.90. The van der Waals surface area contributed by atoms with Crippen molar-refractivity contribution in [3.05, 3.63) is 95.6 Å². The van der Waals surface area contributed by atoms with Gasteiger partial charge in [-0.1, -0.05) is 48.0 Å². The lowest BCUT2D eigenvalue weighted by Gasteiger charge is -2.11. The molecule has 0 saturated heterocycles. The summed E-state index contributed by atoms with van der Waals surface area (Å²) in [5.74, 6) is -0.498. The van der Waals surface area contributed by atoms with Crippen LogP contribution < -0.4 is 10.6 Å². The number of hydrogen-bond donors (Lipinski definition) is 2. The number of rotatable bonds is 5. The molecule has 31 heavy (non-hydrogen) atoms. The van der Waals surface area contributed by atoms with E-state index in [0.717, 1.165) is 16.9 Å². The first-order chi connectivity index (χ1) is 15.0. The van der Waals surface area contributed by atoms with Crippen LogP contribution in [0.1, 0.15) is 17.3 Å². The highest BCUT2D eigenvalue weighted by atomic mass is 35.5. The molecule has 1 heterocycles. The summed E-state index contributed by atoms with van der Waals surface area (Å²) in [6.45, 7) is 1.42. The quantitative estimate of drug-likeness (QED) is 0.445. The average Bonchev–Trinajstić information content (AvgIpc) is 3.26. The number of nitrogens with one attached hydrogen (secondary N) is 2. The highest BCUT2D eigenvalue weighted by Gasteiger charge is 2.13. The summed E-state index contributed by atoms with van der Waals surface area (Å²) >= 11 is 6.27. The molecular formula is C24H19ClN4O2. The van der Waals surface area contributed by atoms with Gasteiger partial charge in [0.15, 0.2) is 0 Å². The van der Waals surface area contributed by atoms with E-state index in [9.17, 15) is 9.59 Å². The molecule has 0 saturated carbocycles. The molecule has 6 nitrogen and oxygen atoms in total. The summed E-state index contributed by atoms with van der Waals surface area (Å²) in [7, 11) is 0. The first-order valence-electron chi connectivity index (χ1n) is 9.59. The van der Waals surface area contributed by atoms with E-state index in [0.29, 0.717) is 22.0 Å². The molecule has 0 aliphatic heterocycles. The van der Waals surface area contributed by atoms with Crippen molar-refractivity contribution in [2.24, 2.45) is 0 Å². The van der Waals surface area contributed by atoms with Crippen LogP contribution in [-0.2, 0) is 4.79 Å². The number of amides is 2. The summed E-state index contributed by atoms with van der Waals surface area (Å²) in [5, 5.41) is 10.2. The number of aromatic nitrogens is 2. The number of anilines is 2. The minimum atomic E-state index is -0.301. The Morgan fingerprint density at radius 1 is 0.903 bits per heavy atom. The molecule has 0 spiro atoms. The van der Waals surface area contributed by atoms with Crippen LogP contribution in [0.3, 0.4) is 0 Å². The number of benzene rings is 3. The van der Waals surface area contributed by atoms with Gasteiger partial charge in [0.1, 0.15) is 0 Å². The smallest absolute Gasteiger partial charge is 0.255 e. The lowest BCUT2D eigenvalue weighted by molar-refractivity contribution is -0.114. The molecule has 0 aliphatic rings. The fraction of sp³-hybridized carbons (Fsp3) is 0.0417. The SMILES string of the molecule is CC(=O)Nc1ccc(NC(=O)c2cccc(-n3nccc3-c3ccccc3)c2)c(Cl)c1. The molecule has 4 aromatic rings. The zero-order chi connectivity index (χ0) is 21.8. The summed E-state index contributed by atoms with van der Waals surface area (Å²) in [4.78, 5) is 24.0. The van der Waals surface area contributed by atoms with Gasteiger partial charge in [-0.3, -0.25) is 9.59 Å². The zero-order valence-corrected chi connectivity index (χ0v) is 17.4. The Balaban J connectivity index is 1.58. The second kappa shape index (κ2) is 8.85. The number of carbonyl (C=O) groups excluding carboxylic acids is 2. The van der Waals surface area contributed by atoms with E-state index in [2.05, 4.69) is 15.7 Å². The van der Waals surface area contributed by atoms with Gasteiger partial charge in [-0.25, -0.2) is 4.68 Å². The third kappa shape index (κ3) is 4.65. The molecule has 3 aromatic carbocycles. The van der Waals surface area contributed by atoms with Crippen molar-refractivity contribution in [1.29, 1.82) is 0 Å². The van der Waals surface area contributed by atoms with Crippen molar-refractivity contribution in [2.45, 2.75) is 6.92 Å². The summed E-state index contributed by atoms with van der Waals surface area (Å²) in [6.07, 6.45) is 1.73. The maximum atomic E-state index is 12.8. The van der Waals surface area contributed by atoms with Gasteiger partial charge in [-0.2, -0.15) is 5.10 Å². The van der Waals surface area contributed by atoms with Crippen molar-refractivity contribution < 1.29 is 9.59 Å². The second-order valence-electron chi connectivity index (χ2n) is 6.87. The molecule has 1 aromatic heterocycles. The van der Waals surface area contributed by atoms with E-state index in [1.807, 2.05) is 48.5 Å². The highest BCUT2D eigenvalue weighted by molar-refractivity contribution is 6.34. The molecule has 0 bridgehead atoms. The molecule has 0 atom stereocenters. The van der Waals surface area contributed by atoms with Gasteiger partial charge in [0.2, 0.25) is 5.91 Å². The normalized spacial score (nSPS) is 10.5. The van der Waals surface area contributed by atoms with E-state index >= 15 is 0 Å². The lowest BCUT2D eigenvalue weighted by atomic mass is 10.1. The van der Waals surface area contributed by atoms with Crippen LogP contribution in [0.5, 0.6) is 0 Å². The predicted octanol–water partition coefficient (Wildman–Crippen LogP) is 5.40. The Morgan fingerprint density at radius 2 is 1.71 bits per heavy atom. The molecular weight excluding hydrogens is 412 g/mol. The zero-order valence-electron chi connectivity index (χ0n) is 16.7. The number of nitrogens with zero attached hydrogens (tertiary/aromatic N) is 2. The fourth-order valence-corrected chi connectivity index (χ4v) is 3.44. The maximum Gasteiger partial charge on any atom is 0.255 e. The largest absolute Gasteiger partial charge is 0.326 e. The van der Waals surface area contributed by atoms with Crippen LogP contribution in [0.2, 0.25) is 5.02 Å². The fourth-order valence-electron chi connectivity index (χ4n) is 3.21. The molecule has 0 aliphatic carbocycles.